The van der Waals surface area contributed by atoms with Crippen LogP contribution in [0.2, 0.25) is 0 Å². The molecule has 0 radical (unpaired) electrons. The summed E-state index contributed by atoms with van der Waals surface area (Å²) in [7, 11) is 0. The number of carbonyl (C=O) groups is 1. The molecule has 0 saturated carbocycles. The van der Waals surface area contributed by atoms with E-state index in [1.807, 2.05) is 6.08 Å². The van der Waals surface area contributed by atoms with E-state index in [-0.39, 0.29) is 11.9 Å². The van der Waals surface area contributed by atoms with Gasteiger partial charge in [-0.3, -0.25) is 4.79 Å². The van der Waals surface area contributed by atoms with Crippen LogP contribution < -0.4 is 0 Å². The van der Waals surface area contributed by atoms with Crippen LogP contribution in [0, 0.1) is 0 Å². The fourth-order valence-electron chi connectivity index (χ4n) is 2.31. The largest absolute Gasteiger partial charge is 0.488 e. The molecule has 0 bridgehead atoms. The van der Waals surface area contributed by atoms with Gasteiger partial charge in [-0.15, -0.1) is 5.10 Å². The van der Waals surface area contributed by atoms with E-state index in [9.17, 15) is 9.90 Å². The summed E-state index contributed by atoms with van der Waals surface area (Å²) >= 11 is 0. The number of nitrogens with zero attached hydrogens (tertiary/aromatic N) is 4. The van der Waals surface area contributed by atoms with Crippen molar-refractivity contribution in [2.75, 3.05) is 19.7 Å². The van der Waals surface area contributed by atoms with Crippen molar-refractivity contribution in [3.8, 4) is 0 Å². The normalized spacial score (nSPS) is 20.9. The van der Waals surface area contributed by atoms with Gasteiger partial charge in [-0.1, -0.05) is 5.21 Å². The zero-order valence-corrected chi connectivity index (χ0v) is 11.4. The topological polar surface area (TPSA) is 80.5 Å². The molecule has 0 aromatic carbocycles. The number of hydrogen-bond acceptors (Lipinski definition) is 5. The van der Waals surface area contributed by atoms with E-state index in [1.165, 1.54) is 0 Å². The molecule has 0 aliphatic carbocycles. The maximum Gasteiger partial charge on any atom is 0.288 e. The smallest absolute Gasteiger partial charge is 0.288 e. The third-order valence-electron chi connectivity index (χ3n) is 3.63. The number of ether oxygens (including phenoxy) is 1. The van der Waals surface area contributed by atoms with Crippen LogP contribution in [0.5, 0.6) is 0 Å². The number of likely N-dealkylation sites (tertiary alicyclic amines) is 1. The second-order valence-corrected chi connectivity index (χ2v) is 5.22. The lowest BCUT2D eigenvalue weighted by atomic mass is 10.1. The highest BCUT2D eigenvalue weighted by molar-refractivity contribution is 5.92. The van der Waals surface area contributed by atoms with Crippen molar-refractivity contribution in [2.45, 2.75) is 31.9 Å². The fraction of sp³-hybridized carbons (Fsp3) is 0.615. The van der Waals surface area contributed by atoms with Crippen molar-refractivity contribution in [1.82, 2.24) is 19.9 Å². The van der Waals surface area contributed by atoms with Gasteiger partial charge in [-0.25, -0.2) is 4.68 Å². The highest BCUT2D eigenvalue weighted by Crippen LogP contribution is 2.24. The van der Waals surface area contributed by atoms with Gasteiger partial charge in [-0.2, -0.15) is 0 Å². The quantitative estimate of drug-likeness (QED) is 0.866. The second-order valence-electron chi connectivity index (χ2n) is 5.22. The summed E-state index contributed by atoms with van der Waals surface area (Å²) in [4.78, 5) is 13.9. The number of hydrogen-bond donors (Lipinski definition) is 1. The van der Waals surface area contributed by atoms with Crippen LogP contribution in [0.3, 0.4) is 0 Å². The van der Waals surface area contributed by atoms with Crippen LogP contribution in [0.4, 0.5) is 0 Å². The summed E-state index contributed by atoms with van der Waals surface area (Å²) in [6.45, 7) is 3.47. The minimum absolute atomic E-state index is 0.0446. The molecule has 2 aliphatic rings. The van der Waals surface area contributed by atoms with E-state index in [0.29, 0.717) is 31.1 Å². The van der Waals surface area contributed by atoms with Crippen LogP contribution in [0.25, 0.3) is 0 Å². The average Bonchev–Trinajstić information content (AvgIpc) is 2.87. The van der Waals surface area contributed by atoms with E-state index in [1.54, 1.807) is 22.7 Å². The van der Waals surface area contributed by atoms with Crippen LogP contribution in [0.15, 0.2) is 18.0 Å². The molecule has 7 nitrogen and oxygen atoms in total. The Labute approximate surface area is 116 Å². The molecule has 108 valence electrons. The molecule has 20 heavy (non-hydrogen) atoms. The number of aliphatic hydroxyl groups excluding tert-OH is 1. The van der Waals surface area contributed by atoms with E-state index < -0.39 is 6.10 Å². The molecule has 1 aromatic heterocycles. The molecule has 1 saturated heterocycles. The van der Waals surface area contributed by atoms with Crippen LogP contribution in [-0.4, -0.2) is 50.6 Å². The van der Waals surface area contributed by atoms with E-state index in [4.69, 9.17) is 4.74 Å². The molecule has 7 heteroatoms. The molecule has 1 aromatic rings. The van der Waals surface area contributed by atoms with Crippen LogP contribution >= 0.6 is 0 Å². The summed E-state index contributed by atoms with van der Waals surface area (Å²) in [6.07, 6.45) is 4.84. The Hall–Kier alpha value is -1.89. The second kappa shape index (κ2) is 5.24. The first kappa shape index (κ1) is 13.1. The van der Waals surface area contributed by atoms with Crippen molar-refractivity contribution < 1.29 is 14.6 Å². The minimum Gasteiger partial charge on any atom is -0.488 e. The summed E-state index contributed by atoms with van der Waals surface area (Å²) in [5.74, 6) is 0.426. The first-order valence-electron chi connectivity index (χ1n) is 6.87. The Balaban J connectivity index is 1.57. The standard InChI is InChI=1S/C13H18N4O3/c1-9(18)11-8-17(15-14-11)10-6-16(7-10)13(19)12-4-2-3-5-20-12/h4,8-10,18H,2-3,5-7H2,1H3. The Bertz CT molecular complexity index is 531. The number of aromatic nitrogens is 3. The van der Waals surface area contributed by atoms with Crippen molar-refractivity contribution >= 4 is 5.91 Å². The van der Waals surface area contributed by atoms with E-state index in [2.05, 4.69) is 10.3 Å². The minimum atomic E-state index is -0.623. The fourth-order valence-corrected chi connectivity index (χ4v) is 2.31. The molecule has 3 heterocycles. The van der Waals surface area contributed by atoms with Crippen molar-refractivity contribution in [2.24, 2.45) is 0 Å². The molecule has 1 fully saturated rings. The van der Waals surface area contributed by atoms with Gasteiger partial charge >= 0.3 is 0 Å². The molecular formula is C13H18N4O3. The first-order chi connectivity index (χ1) is 9.65. The van der Waals surface area contributed by atoms with Gasteiger partial charge < -0.3 is 14.7 Å². The predicted molar refractivity (Wildman–Crippen MR) is 69.5 cm³/mol. The Kier molecular flexibility index (Phi) is 3.43. The van der Waals surface area contributed by atoms with Gasteiger partial charge in [0.15, 0.2) is 5.76 Å². The zero-order chi connectivity index (χ0) is 14.1. The molecule has 0 spiro atoms. The van der Waals surface area contributed by atoms with Gasteiger partial charge in [0.1, 0.15) is 5.69 Å². The van der Waals surface area contributed by atoms with E-state index >= 15 is 0 Å². The highest BCUT2D eigenvalue weighted by atomic mass is 16.5. The highest BCUT2D eigenvalue weighted by Gasteiger charge is 2.35. The van der Waals surface area contributed by atoms with Gasteiger partial charge in [0.25, 0.3) is 5.91 Å². The first-order valence-corrected chi connectivity index (χ1v) is 6.87. The van der Waals surface area contributed by atoms with Crippen molar-refractivity contribution in [3.05, 3.63) is 23.7 Å². The summed E-state index contributed by atoms with van der Waals surface area (Å²) in [5.41, 5.74) is 0.549. The van der Waals surface area contributed by atoms with Gasteiger partial charge in [-0.05, 0) is 25.8 Å². The van der Waals surface area contributed by atoms with E-state index in [0.717, 1.165) is 12.8 Å². The molecule has 1 unspecified atom stereocenters. The SMILES string of the molecule is CC(O)c1cn(C2CN(C(=O)C3=CCCCO3)C2)nn1. The summed E-state index contributed by atoms with van der Waals surface area (Å²) in [6, 6.07) is 0.128. The number of amides is 1. The van der Waals surface area contributed by atoms with Gasteiger partial charge in [0, 0.05) is 13.1 Å². The predicted octanol–water partition coefficient (Wildman–Crippen LogP) is 0.409. The monoisotopic (exact) mass is 278 g/mol. The molecular weight excluding hydrogens is 260 g/mol. The van der Waals surface area contributed by atoms with Crippen molar-refractivity contribution in [1.29, 1.82) is 0 Å². The number of allylic oxidation sites excluding steroid dienone is 1. The molecule has 1 amide bonds. The molecule has 3 rings (SSSR count). The van der Waals surface area contributed by atoms with Crippen LogP contribution in [-0.2, 0) is 9.53 Å². The summed E-state index contributed by atoms with van der Waals surface area (Å²) in [5, 5.41) is 17.3. The zero-order valence-electron chi connectivity index (χ0n) is 11.4. The maximum absolute atomic E-state index is 12.1. The molecule has 1 atom stereocenters. The Morgan fingerprint density at radius 1 is 1.55 bits per heavy atom. The summed E-state index contributed by atoms with van der Waals surface area (Å²) < 4.78 is 7.09. The lowest BCUT2D eigenvalue weighted by Crippen LogP contribution is -2.51. The van der Waals surface area contributed by atoms with Gasteiger partial charge in [0.05, 0.1) is 24.9 Å². The lowest BCUT2D eigenvalue weighted by molar-refractivity contribution is -0.137. The third-order valence-corrected chi connectivity index (χ3v) is 3.63. The number of carbonyl (C=O) groups excluding carboxylic acids is 1. The molecule has 1 N–H and O–H groups in total. The van der Waals surface area contributed by atoms with Gasteiger partial charge in [0.2, 0.25) is 0 Å². The molecule has 2 aliphatic heterocycles. The van der Waals surface area contributed by atoms with Crippen molar-refractivity contribution in [3.63, 3.8) is 0 Å². The lowest BCUT2D eigenvalue weighted by Gasteiger charge is -2.39. The average molecular weight is 278 g/mol. The number of rotatable bonds is 3. The number of aliphatic hydroxyl groups is 1. The Morgan fingerprint density at radius 2 is 2.35 bits per heavy atom. The third kappa shape index (κ3) is 2.40. The Morgan fingerprint density at radius 3 is 2.95 bits per heavy atom. The maximum atomic E-state index is 12.1. The van der Waals surface area contributed by atoms with Crippen LogP contribution in [0.1, 0.15) is 37.6 Å².